The van der Waals surface area contributed by atoms with Gasteiger partial charge in [0.05, 0.1) is 0 Å². The monoisotopic (exact) mass is 160 g/mol. The van der Waals surface area contributed by atoms with Crippen molar-refractivity contribution in [1.82, 2.24) is 0 Å². The van der Waals surface area contributed by atoms with Crippen LogP contribution in [0.4, 0.5) is 0 Å². The van der Waals surface area contributed by atoms with Crippen LogP contribution in [0.5, 0.6) is 0 Å². The van der Waals surface area contributed by atoms with Gasteiger partial charge in [0.1, 0.15) is 5.60 Å². The van der Waals surface area contributed by atoms with Crippen molar-refractivity contribution in [2.45, 2.75) is 19.4 Å². The summed E-state index contributed by atoms with van der Waals surface area (Å²) in [6.07, 6.45) is 2.04. The van der Waals surface area contributed by atoms with Gasteiger partial charge < -0.3 is 5.11 Å². The number of benzene rings is 1. The van der Waals surface area contributed by atoms with Crippen LogP contribution in [-0.2, 0) is 5.60 Å². The summed E-state index contributed by atoms with van der Waals surface area (Å²) in [5, 5.41) is 10.0. The van der Waals surface area contributed by atoms with Crippen LogP contribution in [-0.4, -0.2) is 5.11 Å². The Balaban J connectivity index is 2.66. The molecule has 1 nitrogen and oxygen atoms in total. The van der Waals surface area contributed by atoms with Crippen molar-refractivity contribution in [2.24, 2.45) is 0 Å². The Labute approximate surface area is 72.4 Å². The molecule has 1 N–H and O–H groups in total. The molecule has 0 bridgehead atoms. The van der Waals surface area contributed by atoms with E-state index in [-0.39, 0.29) is 0 Å². The Bertz CT molecular complexity index is 348. The number of hydrogen-bond donors (Lipinski definition) is 1. The lowest BCUT2D eigenvalue weighted by Gasteiger charge is -2.20. The van der Waals surface area contributed by atoms with Gasteiger partial charge in [0, 0.05) is 0 Å². The third-order valence-electron chi connectivity index (χ3n) is 2.63. The summed E-state index contributed by atoms with van der Waals surface area (Å²) in [6.45, 7) is 3.80. The van der Waals surface area contributed by atoms with Crippen LogP contribution in [0, 0.1) is 0 Å². The molecule has 0 radical (unpaired) electrons. The highest BCUT2D eigenvalue weighted by atomic mass is 16.3. The molecule has 0 fully saturated rings. The molecule has 0 spiro atoms. The average molecular weight is 160 g/mol. The van der Waals surface area contributed by atoms with E-state index in [1.807, 2.05) is 44.2 Å². The molecular weight excluding hydrogens is 148 g/mol. The molecule has 1 aliphatic carbocycles. The van der Waals surface area contributed by atoms with E-state index in [1.165, 1.54) is 0 Å². The van der Waals surface area contributed by atoms with Crippen LogP contribution in [0.3, 0.4) is 0 Å². The van der Waals surface area contributed by atoms with Crippen LogP contribution >= 0.6 is 0 Å². The quantitative estimate of drug-likeness (QED) is 0.617. The van der Waals surface area contributed by atoms with Gasteiger partial charge in [-0.25, -0.2) is 0 Å². The predicted octanol–water partition coefficient (Wildman–Crippen LogP) is 2.31. The largest absolute Gasteiger partial charge is 0.381 e. The normalized spacial score (nSPS) is 26.8. The number of aliphatic hydroxyl groups is 1. The Morgan fingerprint density at radius 1 is 1.25 bits per heavy atom. The Morgan fingerprint density at radius 2 is 1.92 bits per heavy atom. The van der Waals surface area contributed by atoms with Crippen molar-refractivity contribution >= 4 is 6.08 Å². The van der Waals surface area contributed by atoms with Gasteiger partial charge >= 0.3 is 0 Å². The first-order valence-electron chi connectivity index (χ1n) is 4.13. The second-order valence-electron chi connectivity index (χ2n) is 3.49. The Kier molecular flexibility index (Phi) is 1.39. The van der Waals surface area contributed by atoms with Gasteiger partial charge in [-0.15, -0.1) is 0 Å². The topological polar surface area (TPSA) is 20.2 Å². The van der Waals surface area contributed by atoms with Gasteiger partial charge in [-0.05, 0) is 30.5 Å². The van der Waals surface area contributed by atoms with E-state index in [9.17, 15) is 5.11 Å². The zero-order chi connectivity index (χ0) is 8.77. The van der Waals surface area contributed by atoms with E-state index >= 15 is 0 Å². The lowest BCUT2D eigenvalue weighted by molar-refractivity contribution is 0.102. The minimum absolute atomic E-state index is 0.753. The lowest BCUT2D eigenvalue weighted by atomic mass is 9.94. The molecule has 1 heteroatoms. The molecular formula is C11H12O. The first-order valence-corrected chi connectivity index (χ1v) is 4.13. The fraction of sp³-hybridized carbons (Fsp3) is 0.273. The van der Waals surface area contributed by atoms with Crippen LogP contribution in [0.1, 0.15) is 25.0 Å². The van der Waals surface area contributed by atoms with Crippen LogP contribution in [0.15, 0.2) is 29.8 Å². The number of hydrogen-bond acceptors (Lipinski definition) is 1. The molecule has 0 saturated heterocycles. The summed E-state index contributed by atoms with van der Waals surface area (Å²) in [7, 11) is 0. The summed E-state index contributed by atoms with van der Waals surface area (Å²) in [6, 6.07) is 7.95. The molecule has 0 heterocycles. The zero-order valence-electron chi connectivity index (χ0n) is 7.33. The van der Waals surface area contributed by atoms with Gasteiger partial charge in [0.2, 0.25) is 0 Å². The van der Waals surface area contributed by atoms with Crippen molar-refractivity contribution in [3.63, 3.8) is 0 Å². The van der Waals surface area contributed by atoms with Crippen LogP contribution in [0.2, 0.25) is 0 Å². The predicted molar refractivity (Wildman–Crippen MR) is 49.7 cm³/mol. The van der Waals surface area contributed by atoms with E-state index in [0.29, 0.717) is 0 Å². The molecule has 0 aromatic heterocycles. The van der Waals surface area contributed by atoms with Gasteiger partial charge in [-0.2, -0.15) is 0 Å². The van der Waals surface area contributed by atoms with E-state index < -0.39 is 5.60 Å². The minimum atomic E-state index is -0.753. The molecule has 1 aromatic carbocycles. The van der Waals surface area contributed by atoms with E-state index in [2.05, 4.69) is 0 Å². The number of fused-ring (bicyclic) bond motifs is 1. The first-order chi connectivity index (χ1) is 5.62. The standard InChI is InChI=1S/C11H12O/c1-8-7-9-5-3-4-6-10(9)11(8,2)12/h3-7,12H,1-2H3. The van der Waals surface area contributed by atoms with E-state index in [1.54, 1.807) is 0 Å². The maximum atomic E-state index is 10.0. The van der Waals surface area contributed by atoms with Gasteiger partial charge in [0.15, 0.2) is 0 Å². The van der Waals surface area contributed by atoms with Crippen molar-refractivity contribution in [3.05, 3.63) is 41.0 Å². The van der Waals surface area contributed by atoms with E-state index in [4.69, 9.17) is 0 Å². The number of rotatable bonds is 0. The highest BCUT2D eigenvalue weighted by Gasteiger charge is 2.31. The highest BCUT2D eigenvalue weighted by Crippen LogP contribution is 2.38. The second kappa shape index (κ2) is 2.20. The molecule has 62 valence electrons. The van der Waals surface area contributed by atoms with Crippen molar-refractivity contribution in [1.29, 1.82) is 0 Å². The fourth-order valence-corrected chi connectivity index (χ4v) is 1.65. The smallest absolute Gasteiger partial charge is 0.108 e. The summed E-state index contributed by atoms with van der Waals surface area (Å²) in [5.41, 5.74) is 2.42. The average Bonchev–Trinajstić information content (AvgIpc) is 2.25. The molecule has 0 saturated carbocycles. The summed E-state index contributed by atoms with van der Waals surface area (Å²) in [4.78, 5) is 0. The molecule has 0 amide bonds. The fourth-order valence-electron chi connectivity index (χ4n) is 1.65. The van der Waals surface area contributed by atoms with Crippen molar-refractivity contribution in [3.8, 4) is 0 Å². The van der Waals surface area contributed by atoms with Crippen molar-refractivity contribution in [2.75, 3.05) is 0 Å². The Hall–Kier alpha value is -1.08. The maximum absolute atomic E-state index is 10.0. The highest BCUT2D eigenvalue weighted by molar-refractivity contribution is 5.67. The SMILES string of the molecule is CC1=Cc2ccccc2C1(C)O. The summed E-state index contributed by atoms with van der Waals surface area (Å²) in [5.74, 6) is 0. The third-order valence-corrected chi connectivity index (χ3v) is 2.63. The molecule has 1 aromatic rings. The summed E-state index contributed by atoms with van der Waals surface area (Å²) < 4.78 is 0. The van der Waals surface area contributed by atoms with Gasteiger partial charge in [-0.1, -0.05) is 30.3 Å². The van der Waals surface area contributed by atoms with Crippen molar-refractivity contribution < 1.29 is 5.11 Å². The molecule has 2 rings (SSSR count). The zero-order valence-corrected chi connectivity index (χ0v) is 7.33. The molecule has 1 atom stereocenters. The lowest BCUT2D eigenvalue weighted by Crippen LogP contribution is -2.19. The second-order valence-corrected chi connectivity index (χ2v) is 3.49. The molecule has 12 heavy (non-hydrogen) atoms. The molecule has 1 aliphatic rings. The van der Waals surface area contributed by atoms with E-state index in [0.717, 1.165) is 16.7 Å². The van der Waals surface area contributed by atoms with Gasteiger partial charge in [0.25, 0.3) is 0 Å². The molecule has 1 unspecified atom stereocenters. The van der Waals surface area contributed by atoms with Gasteiger partial charge in [-0.3, -0.25) is 0 Å². The molecule has 0 aliphatic heterocycles. The third kappa shape index (κ3) is 0.833. The maximum Gasteiger partial charge on any atom is 0.108 e. The first kappa shape index (κ1) is 7.56. The van der Waals surface area contributed by atoms with Crippen LogP contribution in [0.25, 0.3) is 6.08 Å². The summed E-state index contributed by atoms with van der Waals surface area (Å²) >= 11 is 0. The minimum Gasteiger partial charge on any atom is -0.381 e. The van der Waals surface area contributed by atoms with Crippen LogP contribution < -0.4 is 0 Å². The Morgan fingerprint density at radius 3 is 2.58 bits per heavy atom.